The Morgan fingerprint density at radius 1 is 1.32 bits per heavy atom. The maximum absolute atomic E-state index is 10.5. The number of nitrogens with one attached hydrogen (secondary N) is 1. The van der Waals surface area contributed by atoms with Gasteiger partial charge in [0.15, 0.2) is 0 Å². The Hall–Kier alpha value is -1.44. The molecule has 0 aliphatic heterocycles. The highest BCUT2D eigenvalue weighted by molar-refractivity contribution is 7.85. The van der Waals surface area contributed by atoms with Gasteiger partial charge in [-0.2, -0.15) is 8.42 Å². The maximum atomic E-state index is 10.5. The largest absolute Gasteiger partial charge is 0.468 e. The first kappa shape index (κ1) is 17.6. The van der Waals surface area contributed by atoms with E-state index in [0.717, 1.165) is 5.56 Å². The molecule has 0 spiro atoms. The number of hydrogen-bond acceptors (Lipinski definition) is 5. The molecule has 1 aromatic rings. The lowest BCUT2D eigenvalue weighted by Gasteiger charge is -2.04. The van der Waals surface area contributed by atoms with Gasteiger partial charge in [0.1, 0.15) is 6.04 Å². The summed E-state index contributed by atoms with van der Waals surface area (Å²) in [4.78, 5) is 10.4. The molecule has 1 atom stereocenters. The van der Waals surface area contributed by atoms with Gasteiger partial charge in [-0.1, -0.05) is 17.7 Å². The number of aryl methyl sites for hydroxylation is 1. The zero-order valence-electron chi connectivity index (χ0n) is 11.4. The minimum Gasteiger partial charge on any atom is -0.468 e. The Morgan fingerprint density at radius 2 is 1.79 bits per heavy atom. The number of benzene rings is 1. The third-order valence-electron chi connectivity index (χ3n) is 2.31. The van der Waals surface area contributed by atoms with E-state index in [-0.39, 0.29) is 16.9 Å². The molecule has 7 heteroatoms. The van der Waals surface area contributed by atoms with Gasteiger partial charge in [-0.05, 0) is 33.0 Å². The van der Waals surface area contributed by atoms with Crippen molar-refractivity contribution >= 4 is 16.1 Å². The number of rotatable bonds is 3. The topological polar surface area (TPSA) is 92.7 Å². The smallest absolute Gasteiger partial charge is 0.322 e. The van der Waals surface area contributed by atoms with Gasteiger partial charge in [0, 0.05) is 0 Å². The molecular weight excluding hydrogens is 270 g/mol. The summed E-state index contributed by atoms with van der Waals surface area (Å²) in [5, 5.41) is 2.74. The van der Waals surface area contributed by atoms with E-state index in [1.54, 1.807) is 26.1 Å². The second-order valence-corrected chi connectivity index (χ2v) is 5.24. The van der Waals surface area contributed by atoms with Crippen molar-refractivity contribution in [1.29, 1.82) is 0 Å². The van der Waals surface area contributed by atoms with Crippen LogP contribution in [-0.2, 0) is 19.6 Å². The van der Waals surface area contributed by atoms with Gasteiger partial charge in [-0.3, -0.25) is 9.35 Å². The lowest BCUT2D eigenvalue weighted by atomic mass is 10.2. The van der Waals surface area contributed by atoms with Crippen LogP contribution in [0.5, 0.6) is 0 Å². The first-order valence-electron chi connectivity index (χ1n) is 5.51. The molecular formula is C12H19NO5S. The molecule has 0 bridgehead atoms. The quantitative estimate of drug-likeness (QED) is 0.637. The summed E-state index contributed by atoms with van der Waals surface area (Å²) in [5.41, 5.74) is 0.956. The van der Waals surface area contributed by atoms with E-state index in [9.17, 15) is 13.2 Å². The van der Waals surface area contributed by atoms with Crippen molar-refractivity contribution in [3.63, 3.8) is 0 Å². The number of carbonyl (C=O) groups excluding carboxylic acids is 1. The molecule has 0 saturated heterocycles. The second-order valence-electron chi connectivity index (χ2n) is 3.82. The highest BCUT2D eigenvalue weighted by Crippen LogP contribution is 2.08. The van der Waals surface area contributed by atoms with Gasteiger partial charge in [0.2, 0.25) is 0 Å². The van der Waals surface area contributed by atoms with Gasteiger partial charge in [0.05, 0.1) is 12.0 Å². The van der Waals surface area contributed by atoms with Crippen LogP contribution in [-0.4, -0.2) is 39.1 Å². The standard InChI is InChI=1S/C7H8O3S.C5H11NO2/c1-6-2-4-7(5-3-6)11(8,9)10;1-4(6-2)5(7)8-3/h2-5H,1H3,(H,8,9,10);4,6H,1-3H3. The molecule has 1 aromatic carbocycles. The third kappa shape index (κ3) is 6.90. The van der Waals surface area contributed by atoms with Crippen molar-refractivity contribution in [3.05, 3.63) is 29.8 Å². The third-order valence-corrected chi connectivity index (χ3v) is 3.17. The van der Waals surface area contributed by atoms with Crippen molar-refractivity contribution < 1.29 is 22.5 Å². The van der Waals surface area contributed by atoms with E-state index in [0.29, 0.717) is 0 Å². The number of carbonyl (C=O) groups is 1. The van der Waals surface area contributed by atoms with Crippen molar-refractivity contribution in [2.45, 2.75) is 24.8 Å². The molecule has 0 amide bonds. The van der Waals surface area contributed by atoms with Crippen LogP contribution >= 0.6 is 0 Å². The Labute approximate surface area is 113 Å². The molecule has 2 N–H and O–H groups in total. The zero-order valence-corrected chi connectivity index (χ0v) is 12.2. The molecule has 0 aliphatic rings. The molecule has 108 valence electrons. The van der Waals surface area contributed by atoms with Crippen molar-refractivity contribution in [2.24, 2.45) is 0 Å². The van der Waals surface area contributed by atoms with Crippen LogP contribution in [0.15, 0.2) is 29.2 Å². The van der Waals surface area contributed by atoms with Crippen LogP contribution < -0.4 is 5.32 Å². The Balaban J connectivity index is 0.000000362. The molecule has 0 heterocycles. The minimum atomic E-state index is -4.02. The normalized spacial score (nSPS) is 12.1. The molecule has 19 heavy (non-hydrogen) atoms. The average molecular weight is 289 g/mol. The average Bonchev–Trinajstić information content (AvgIpc) is 2.37. The van der Waals surface area contributed by atoms with E-state index in [1.807, 2.05) is 6.92 Å². The molecule has 0 aliphatic carbocycles. The predicted molar refractivity (Wildman–Crippen MR) is 71.5 cm³/mol. The summed E-state index contributed by atoms with van der Waals surface area (Å²) in [7, 11) is -0.938. The van der Waals surface area contributed by atoms with E-state index < -0.39 is 10.1 Å². The first-order chi connectivity index (χ1) is 8.72. The van der Waals surface area contributed by atoms with Gasteiger partial charge in [-0.25, -0.2) is 0 Å². The molecule has 0 saturated carbocycles. The number of hydrogen-bond donors (Lipinski definition) is 2. The van der Waals surface area contributed by atoms with E-state index in [4.69, 9.17) is 4.55 Å². The zero-order chi connectivity index (χ0) is 15.1. The molecule has 0 radical (unpaired) electrons. The lowest BCUT2D eigenvalue weighted by molar-refractivity contribution is -0.142. The Kier molecular flexibility index (Phi) is 7.28. The summed E-state index contributed by atoms with van der Waals surface area (Å²) in [5.74, 6) is -0.229. The molecule has 0 aromatic heterocycles. The fraction of sp³-hybridized carbons (Fsp3) is 0.417. The van der Waals surface area contributed by atoms with Gasteiger partial charge < -0.3 is 10.1 Å². The van der Waals surface area contributed by atoms with E-state index >= 15 is 0 Å². The molecule has 0 fully saturated rings. The van der Waals surface area contributed by atoms with Crippen molar-refractivity contribution in [2.75, 3.05) is 14.2 Å². The van der Waals surface area contributed by atoms with Crippen LogP contribution in [0.1, 0.15) is 12.5 Å². The number of likely N-dealkylation sites (N-methyl/N-ethyl adjacent to an activating group) is 1. The molecule has 1 unspecified atom stereocenters. The van der Waals surface area contributed by atoms with Crippen LogP contribution in [0.2, 0.25) is 0 Å². The summed E-state index contributed by atoms with van der Waals surface area (Å²) < 4.78 is 34.0. The number of ether oxygens (including phenoxy) is 1. The second kappa shape index (κ2) is 7.88. The van der Waals surface area contributed by atoms with Crippen LogP contribution in [0.3, 0.4) is 0 Å². The van der Waals surface area contributed by atoms with E-state index in [2.05, 4.69) is 10.1 Å². The Bertz CT molecular complexity index is 495. The number of methoxy groups -OCH3 is 1. The van der Waals surface area contributed by atoms with Crippen LogP contribution in [0.25, 0.3) is 0 Å². The predicted octanol–water partition coefficient (Wildman–Crippen LogP) is 1.01. The highest BCUT2D eigenvalue weighted by atomic mass is 32.2. The summed E-state index contributed by atoms with van der Waals surface area (Å²) in [6, 6.07) is 5.79. The van der Waals surface area contributed by atoms with E-state index in [1.165, 1.54) is 19.2 Å². The Morgan fingerprint density at radius 3 is 2.05 bits per heavy atom. The maximum Gasteiger partial charge on any atom is 0.322 e. The fourth-order valence-corrected chi connectivity index (χ4v) is 1.48. The van der Waals surface area contributed by atoms with Crippen LogP contribution in [0.4, 0.5) is 0 Å². The lowest BCUT2D eigenvalue weighted by Crippen LogP contribution is -2.31. The summed E-state index contributed by atoms with van der Waals surface area (Å²) in [6.45, 7) is 3.58. The van der Waals surface area contributed by atoms with Crippen molar-refractivity contribution in [3.8, 4) is 0 Å². The van der Waals surface area contributed by atoms with Gasteiger partial charge in [0.25, 0.3) is 10.1 Å². The van der Waals surface area contributed by atoms with Gasteiger partial charge >= 0.3 is 5.97 Å². The molecule has 6 nitrogen and oxygen atoms in total. The van der Waals surface area contributed by atoms with Gasteiger partial charge in [-0.15, -0.1) is 0 Å². The summed E-state index contributed by atoms with van der Waals surface area (Å²) >= 11 is 0. The number of esters is 1. The molecule has 1 rings (SSSR count). The highest BCUT2D eigenvalue weighted by Gasteiger charge is 2.08. The van der Waals surface area contributed by atoms with Crippen LogP contribution in [0, 0.1) is 6.92 Å². The minimum absolute atomic E-state index is 0.0666. The summed E-state index contributed by atoms with van der Waals surface area (Å²) in [6.07, 6.45) is 0. The monoisotopic (exact) mass is 289 g/mol. The van der Waals surface area contributed by atoms with Crippen molar-refractivity contribution in [1.82, 2.24) is 5.32 Å². The fourth-order valence-electron chi connectivity index (χ4n) is 1.00. The first-order valence-corrected chi connectivity index (χ1v) is 6.95. The SMILES string of the molecule is CNC(C)C(=O)OC.Cc1ccc(S(=O)(=O)O)cc1.